The van der Waals surface area contributed by atoms with Crippen LogP contribution in [0.25, 0.3) is 0 Å². The van der Waals surface area contributed by atoms with Gasteiger partial charge in [0, 0.05) is 23.8 Å². The van der Waals surface area contributed by atoms with Gasteiger partial charge in [0.05, 0.1) is 0 Å². The number of hydrogen-bond acceptors (Lipinski definition) is 2. The molecule has 0 bridgehead atoms. The van der Waals surface area contributed by atoms with Crippen molar-refractivity contribution in [2.24, 2.45) is 0 Å². The summed E-state index contributed by atoms with van der Waals surface area (Å²) in [6, 6.07) is 17.8. The molecule has 4 heteroatoms. The standard InChI is InChI=1S/C20H24N2O2/c1-16-9-7-8-14-22(16)20(23)21-19-13-6-5-10-17(19)15-24-18-11-3-2-4-12-18/h2-6,10-13,16H,7-9,14-15H2,1H3,(H,21,23). The molecule has 0 spiro atoms. The fourth-order valence-corrected chi connectivity index (χ4v) is 3.03. The second-order valence-corrected chi connectivity index (χ2v) is 6.23. The molecule has 0 aromatic heterocycles. The van der Waals surface area contributed by atoms with E-state index in [1.807, 2.05) is 59.5 Å². The van der Waals surface area contributed by atoms with Crippen molar-refractivity contribution < 1.29 is 9.53 Å². The number of ether oxygens (including phenoxy) is 1. The number of likely N-dealkylation sites (tertiary alicyclic amines) is 1. The summed E-state index contributed by atoms with van der Waals surface area (Å²) in [6.07, 6.45) is 3.36. The Morgan fingerprint density at radius 2 is 1.88 bits per heavy atom. The monoisotopic (exact) mass is 324 g/mol. The van der Waals surface area contributed by atoms with Crippen LogP contribution in [0.2, 0.25) is 0 Å². The highest BCUT2D eigenvalue weighted by Gasteiger charge is 2.23. The fourth-order valence-electron chi connectivity index (χ4n) is 3.03. The van der Waals surface area contributed by atoms with E-state index in [-0.39, 0.29) is 6.03 Å². The molecule has 1 fully saturated rings. The zero-order valence-corrected chi connectivity index (χ0v) is 14.1. The van der Waals surface area contributed by atoms with Crippen molar-refractivity contribution in [1.82, 2.24) is 4.90 Å². The molecule has 1 heterocycles. The number of carbonyl (C=O) groups excluding carboxylic acids is 1. The lowest BCUT2D eigenvalue weighted by molar-refractivity contribution is 0.170. The summed E-state index contributed by atoms with van der Waals surface area (Å²) in [4.78, 5) is 14.5. The van der Waals surface area contributed by atoms with Crippen LogP contribution in [0.5, 0.6) is 5.75 Å². The van der Waals surface area contributed by atoms with Crippen LogP contribution in [0.1, 0.15) is 31.7 Å². The highest BCUT2D eigenvalue weighted by Crippen LogP contribution is 2.21. The molecule has 1 unspecified atom stereocenters. The predicted molar refractivity (Wildman–Crippen MR) is 96.3 cm³/mol. The zero-order valence-electron chi connectivity index (χ0n) is 14.1. The third kappa shape index (κ3) is 4.07. The molecule has 4 nitrogen and oxygen atoms in total. The Morgan fingerprint density at radius 1 is 1.12 bits per heavy atom. The maximum atomic E-state index is 12.6. The first-order chi connectivity index (χ1) is 11.7. The molecular weight excluding hydrogens is 300 g/mol. The van der Waals surface area contributed by atoms with Crippen LogP contribution in [0, 0.1) is 0 Å². The number of nitrogens with one attached hydrogen (secondary N) is 1. The number of nitrogens with zero attached hydrogens (tertiary/aromatic N) is 1. The van der Waals surface area contributed by atoms with Crippen molar-refractivity contribution >= 4 is 11.7 Å². The molecule has 24 heavy (non-hydrogen) atoms. The van der Waals surface area contributed by atoms with Gasteiger partial charge in [0.1, 0.15) is 12.4 Å². The van der Waals surface area contributed by atoms with Crippen LogP contribution >= 0.6 is 0 Å². The molecule has 3 rings (SSSR count). The summed E-state index contributed by atoms with van der Waals surface area (Å²) in [5.74, 6) is 0.822. The van der Waals surface area contributed by atoms with Crippen molar-refractivity contribution in [2.45, 2.75) is 38.8 Å². The van der Waals surface area contributed by atoms with Gasteiger partial charge in [-0.3, -0.25) is 0 Å². The second kappa shape index (κ2) is 7.86. The van der Waals surface area contributed by atoms with Gasteiger partial charge in [-0.05, 0) is 44.4 Å². The molecule has 2 amide bonds. The van der Waals surface area contributed by atoms with Gasteiger partial charge in [-0.1, -0.05) is 36.4 Å². The molecule has 126 valence electrons. The van der Waals surface area contributed by atoms with E-state index in [2.05, 4.69) is 12.2 Å². The number of anilines is 1. The summed E-state index contributed by atoms with van der Waals surface area (Å²) in [5, 5.41) is 3.05. The Hall–Kier alpha value is -2.49. The Morgan fingerprint density at radius 3 is 2.67 bits per heavy atom. The number of urea groups is 1. The lowest BCUT2D eigenvalue weighted by Gasteiger charge is -2.33. The van der Waals surface area contributed by atoms with Crippen molar-refractivity contribution in [3.8, 4) is 5.75 Å². The number of rotatable bonds is 4. The first kappa shape index (κ1) is 16.4. The zero-order chi connectivity index (χ0) is 16.8. The SMILES string of the molecule is CC1CCCCN1C(=O)Nc1ccccc1COc1ccccc1. The molecule has 1 atom stereocenters. The van der Waals surface area contributed by atoms with Gasteiger partial charge >= 0.3 is 6.03 Å². The van der Waals surface area contributed by atoms with Crippen LogP contribution < -0.4 is 10.1 Å². The fraction of sp³-hybridized carbons (Fsp3) is 0.350. The smallest absolute Gasteiger partial charge is 0.322 e. The average molecular weight is 324 g/mol. The van der Waals surface area contributed by atoms with Crippen molar-refractivity contribution in [3.63, 3.8) is 0 Å². The summed E-state index contributed by atoms with van der Waals surface area (Å²) in [7, 11) is 0. The Balaban J connectivity index is 1.66. The number of hydrogen-bond donors (Lipinski definition) is 1. The third-order valence-electron chi connectivity index (χ3n) is 4.46. The summed E-state index contributed by atoms with van der Waals surface area (Å²) in [6.45, 7) is 3.37. The van der Waals surface area contributed by atoms with E-state index in [0.717, 1.165) is 36.4 Å². The quantitative estimate of drug-likeness (QED) is 0.888. The van der Waals surface area contributed by atoms with Gasteiger partial charge in [0.15, 0.2) is 0 Å². The molecule has 1 saturated heterocycles. The first-order valence-electron chi connectivity index (χ1n) is 8.57. The van der Waals surface area contributed by atoms with Crippen LogP contribution in [-0.4, -0.2) is 23.5 Å². The van der Waals surface area contributed by atoms with Crippen LogP contribution in [-0.2, 0) is 6.61 Å². The number of para-hydroxylation sites is 2. The van der Waals surface area contributed by atoms with Crippen LogP contribution in [0.4, 0.5) is 10.5 Å². The van der Waals surface area contributed by atoms with Crippen LogP contribution in [0.3, 0.4) is 0 Å². The van der Waals surface area contributed by atoms with Gasteiger partial charge < -0.3 is 15.0 Å². The van der Waals surface area contributed by atoms with E-state index in [1.165, 1.54) is 6.42 Å². The highest BCUT2D eigenvalue weighted by molar-refractivity contribution is 5.90. The Labute approximate surface area is 143 Å². The van der Waals surface area contributed by atoms with Crippen molar-refractivity contribution in [2.75, 3.05) is 11.9 Å². The lowest BCUT2D eigenvalue weighted by Crippen LogP contribution is -2.44. The van der Waals surface area contributed by atoms with E-state index in [0.29, 0.717) is 12.6 Å². The van der Waals surface area contributed by atoms with Crippen LogP contribution in [0.15, 0.2) is 54.6 Å². The topological polar surface area (TPSA) is 41.6 Å². The molecule has 0 radical (unpaired) electrons. The minimum absolute atomic E-state index is 0.0191. The molecule has 0 aliphatic carbocycles. The Kier molecular flexibility index (Phi) is 5.36. The van der Waals surface area contributed by atoms with E-state index in [1.54, 1.807) is 0 Å². The third-order valence-corrected chi connectivity index (χ3v) is 4.46. The molecular formula is C20H24N2O2. The van der Waals surface area contributed by atoms with E-state index in [4.69, 9.17) is 4.74 Å². The van der Waals surface area contributed by atoms with Crippen molar-refractivity contribution in [1.29, 1.82) is 0 Å². The molecule has 2 aromatic carbocycles. The highest BCUT2D eigenvalue weighted by atomic mass is 16.5. The van der Waals surface area contributed by atoms with Gasteiger partial charge in [-0.2, -0.15) is 0 Å². The molecule has 1 aliphatic heterocycles. The van der Waals surface area contributed by atoms with Gasteiger partial charge in [-0.25, -0.2) is 4.79 Å². The number of carbonyl (C=O) groups is 1. The second-order valence-electron chi connectivity index (χ2n) is 6.23. The van der Waals surface area contributed by atoms with Gasteiger partial charge in [-0.15, -0.1) is 0 Å². The average Bonchev–Trinajstić information content (AvgIpc) is 2.62. The normalized spacial score (nSPS) is 17.4. The summed E-state index contributed by atoms with van der Waals surface area (Å²) >= 11 is 0. The number of amides is 2. The largest absolute Gasteiger partial charge is 0.489 e. The summed E-state index contributed by atoms with van der Waals surface area (Å²) in [5.41, 5.74) is 1.79. The maximum Gasteiger partial charge on any atom is 0.322 e. The lowest BCUT2D eigenvalue weighted by atomic mass is 10.0. The maximum absolute atomic E-state index is 12.6. The van der Waals surface area contributed by atoms with E-state index < -0.39 is 0 Å². The van der Waals surface area contributed by atoms with E-state index >= 15 is 0 Å². The number of piperidine rings is 1. The molecule has 1 N–H and O–H groups in total. The summed E-state index contributed by atoms with van der Waals surface area (Å²) < 4.78 is 5.82. The van der Waals surface area contributed by atoms with E-state index in [9.17, 15) is 4.79 Å². The molecule has 0 saturated carbocycles. The minimum atomic E-state index is -0.0191. The molecule has 2 aromatic rings. The Bertz CT molecular complexity index is 672. The predicted octanol–water partition coefficient (Wildman–Crippen LogP) is 4.67. The van der Waals surface area contributed by atoms with Gasteiger partial charge in [0.25, 0.3) is 0 Å². The van der Waals surface area contributed by atoms with Gasteiger partial charge in [0.2, 0.25) is 0 Å². The van der Waals surface area contributed by atoms with Crippen molar-refractivity contribution in [3.05, 3.63) is 60.2 Å². The first-order valence-corrected chi connectivity index (χ1v) is 8.57. The molecule has 1 aliphatic rings. The minimum Gasteiger partial charge on any atom is -0.489 e. The number of benzene rings is 2.